The normalized spacial score (nSPS) is 21.5. The highest BCUT2D eigenvalue weighted by Gasteiger charge is 2.44. The van der Waals surface area contributed by atoms with Crippen LogP contribution in [0.25, 0.3) is 0 Å². The van der Waals surface area contributed by atoms with Crippen LogP contribution in [-0.4, -0.2) is 117 Å². The lowest BCUT2D eigenvalue weighted by atomic mass is 9.93. The number of amides is 1. The smallest absolute Gasteiger partial charge is 0.306 e. The van der Waals surface area contributed by atoms with Crippen LogP contribution in [0.2, 0.25) is 5.02 Å². The lowest BCUT2D eigenvalue weighted by Crippen LogP contribution is -2.60. The van der Waals surface area contributed by atoms with Gasteiger partial charge in [-0.1, -0.05) is 17.7 Å². The van der Waals surface area contributed by atoms with Gasteiger partial charge in [0, 0.05) is 44.7 Å². The predicted octanol–water partition coefficient (Wildman–Crippen LogP) is 5.75. The summed E-state index contributed by atoms with van der Waals surface area (Å²) in [6.45, 7) is 2.85. The molecule has 326 valence electrons. The molecule has 0 aromatic heterocycles. The summed E-state index contributed by atoms with van der Waals surface area (Å²) in [4.78, 5) is 60.7. The molecule has 1 aliphatic carbocycles. The van der Waals surface area contributed by atoms with Gasteiger partial charge in [0.1, 0.15) is 36.4 Å². The minimum Gasteiger partial charge on any atom is -0.490 e. The van der Waals surface area contributed by atoms with Gasteiger partial charge in [0.2, 0.25) is 5.91 Å². The molecule has 0 N–H and O–H groups in total. The van der Waals surface area contributed by atoms with Crippen molar-refractivity contribution in [3.05, 3.63) is 73.3 Å². The highest BCUT2D eigenvalue weighted by molar-refractivity contribution is 6.30. The van der Waals surface area contributed by atoms with E-state index in [0.29, 0.717) is 50.3 Å². The monoisotopic (exact) mass is 850 g/mol. The highest BCUT2D eigenvalue weighted by Crippen LogP contribution is 2.34. The SMILES string of the molecule is COCCCN1CCOc2ccc(COC3CN(C(=O)CCCCO[N+](=O)[O-])CC(OC(=O)CCCCO[N+](=O)[O-])C3OC3CCC(Oc4ccc(Cl)cc4)CC3)cc21. The summed E-state index contributed by atoms with van der Waals surface area (Å²) in [5.74, 6) is 0.745. The number of nitrogens with zero attached hydrogens (tertiary/aromatic N) is 4. The largest absolute Gasteiger partial charge is 0.490 e. The third-order valence-electron chi connectivity index (χ3n) is 10.4. The quantitative estimate of drug-likeness (QED) is 0.0535. The van der Waals surface area contributed by atoms with Crippen LogP contribution in [0.15, 0.2) is 42.5 Å². The average Bonchev–Trinajstić information content (AvgIpc) is 3.22. The topological polar surface area (TPSA) is 201 Å². The van der Waals surface area contributed by atoms with Crippen molar-refractivity contribution in [1.82, 2.24) is 4.90 Å². The maximum Gasteiger partial charge on any atom is 0.306 e. The summed E-state index contributed by atoms with van der Waals surface area (Å²) >= 11 is 6.05. The molecule has 2 aromatic rings. The Hall–Kier alpha value is -4.65. The highest BCUT2D eigenvalue weighted by atomic mass is 35.5. The van der Waals surface area contributed by atoms with Crippen molar-refractivity contribution in [2.45, 2.75) is 108 Å². The molecule has 2 heterocycles. The number of hydrogen-bond donors (Lipinski definition) is 0. The Balaban J connectivity index is 1.32. The van der Waals surface area contributed by atoms with Crippen LogP contribution in [0.5, 0.6) is 11.5 Å². The molecule has 59 heavy (non-hydrogen) atoms. The van der Waals surface area contributed by atoms with Crippen molar-refractivity contribution in [2.24, 2.45) is 0 Å². The number of likely N-dealkylation sites (tertiary alicyclic amines) is 1. The van der Waals surface area contributed by atoms with Gasteiger partial charge in [0.05, 0.1) is 50.8 Å². The van der Waals surface area contributed by atoms with Crippen LogP contribution in [0, 0.1) is 20.2 Å². The van der Waals surface area contributed by atoms with Crippen molar-refractivity contribution in [1.29, 1.82) is 0 Å². The number of benzene rings is 2. The standard InChI is InChI=1S/C40H55ClN4O14/c1-52-21-6-19-42-20-24-53-35-18-9-29(25-34(35)42)28-54-36-26-43(38(46)7-2-4-22-55-44(48)49)27-37(59-39(47)8-3-5-23-56-45(50)51)40(36)58-33-16-14-32(15-17-33)57-31-12-10-30(41)11-13-31/h9-13,18,25,32-33,36-37,40H,2-8,14-17,19-24,26-28H2,1H3. The maximum absolute atomic E-state index is 13.6. The van der Waals surface area contributed by atoms with Crippen LogP contribution in [0.3, 0.4) is 0 Å². The molecule has 19 heteroatoms. The van der Waals surface area contributed by atoms with E-state index in [-0.39, 0.29) is 70.3 Å². The Morgan fingerprint density at radius 2 is 1.53 bits per heavy atom. The molecule has 3 atom stereocenters. The predicted molar refractivity (Wildman–Crippen MR) is 212 cm³/mol. The van der Waals surface area contributed by atoms with Crippen molar-refractivity contribution in [3.63, 3.8) is 0 Å². The summed E-state index contributed by atoms with van der Waals surface area (Å²) < 4.78 is 37.0. The molecule has 18 nitrogen and oxygen atoms in total. The second-order valence-electron chi connectivity index (χ2n) is 14.8. The van der Waals surface area contributed by atoms with E-state index in [4.69, 9.17) is 40.0 Å². The van der Waals surface area contributed by atoms with Crippen LogP contribution < -0.4 is 14.4 Å². The summed E-state index contributed by atoms with van der Waals surface area (Å²) in [6.07, 6.45) is 2.40. The Labute approximate surface area is 348 Å². The Morgan fingerprint density at radius 1 is 0.847 bits per heavy atom. The van der Waals surface area contributed by atoms with E-state index in [0.717, 1.165) is 55.1 Å². The maximum atomic E-state index is 13.6. The number of carbonyl (C=O) groups excluding carboxylic acids is 2. The number of rotatable bonds is 24. The van der Waals surface area contributed by atoms with E-state index in [1.54, 1.807) is 24.1 Å². The second-order valence-corrected chi connectivity index (χ2v) is 15.2. The van der Waals surface area contributed by atoms with E-state index in [1.165, 1.54) is 0 Å². The number of esters is 1. The average molecular weight is 851 g/mol. The van der Waals surface area contributed by atoms with Crippen LogP contribution in [0.1, 0.15) is 76.2 Å². The Bertz CT molecular complexity index is 1650. The summed E-state index contributed by atoms with van der Waals surface area (Å²) in [5, 5.41) is 20.0. The van der Waals surface area contributed by atoms with Crippen molar-refractivity contribution < 1.29 is 57.9 Å². The van der Waals surface area contributed by atoms with E-state index in [2.05, 4.69) is 14.6 Å². The molecule has 3 aliphatic rings. The molecule has 0 spiro atoms. The Morgan fingerprint density at radius 3 is 2.22 bits per heavy atom. The van der Waals surface area contributed by atoms with Gasteiger partial charge in [0.25, 0.3) is 10.2 Å². The van der Waals surface area contributed by atoms with E-state index in [1.807, 2.05) is 30.3 Å². The lowest BCUT2D eigenvalue weighted by Gasteiger charge is -2.44. The number of piperidine rings is 1. The van der Waals surface area contributed by atoms with E-state index < -0.39 is 34.5 Å². The fourth-order valence-corrected chi connectivity index (χ4v) is 7.58. The van der Waals surface area contributed by atoms with Gasteiger partial charge >= 0.3 is 5.97 Å². The zero-order chi connectivity index (χ0) is 42.0. The molecule has 1 amide bonds. The summed E-state index contributed by atoms with van der Waals surface area (Å²) in [5.41, 5.74) is 1.83. The number of carbonyl (C=O) groups is 2. The molecule has 1 saturated heterocycles. The zero-order valence-corrected chi connectivity index (χ0v) is 34.2. The number of methoxy groups -OCH3 is 1. The van der Waals surface area contributed by atoms with E-state index in [9.17, 15) is 29.8 Å². The number of unbranched alkanes of at least 4 members (excludes halogenated alkanes) is 2. The molecule has 3 unspecified atom stereocenters. The number of hydrogen-bond acceptors (Lipinski definition) is 15. The van der Waals surface area contributed by atoms with Gasteiger partial charge in [-0.25, -0.2) is 0 Å². The molecule has 0 bridgehead atoms. The van der Waals surface area contributed by atoms with Crippen LogP contribution in [-0.2, 0) is 44.8 Å². The minimum atomic E-state index is -0.894. The van der Waals surface area contributed by atoms with Crippen molar-refractivity contribution in [2.75, 3.05) is 64.6 Å². The van der Waals surface area contributed by atoms with Gasteiger partial charge in [-0.05, 0) is 99.7 Å². The van der Waals surface area contributed by atoms with Gasteiger partial charge in [0.15, 0.2) is 0 Å². The first-order valence-corrected chi connectivity index (χ1v) is 20.7. The second kappa shape index (κ2) is 23.8. The van der Waals surface area contributed by atoms with Crippen molar-refractivity contribution in [3.8, 4) is 11.5 Å². The first-order valence-electron chi connectivity index (χ1n) is 20.3. The molecule has 5 rings (SSSR count). The zero-order valence-electron chi connectivity index (χ0n) is 33.5. The molecular weight excluding hydrogens is 796 g/mol. The summed E-state index contributed by atoms with van der Waals surface area (Å²) in [6, 6.07) is 13.1. The fraction of sp³-hybridized carbons (Fsp3) is 0.650. The molecule has 2 aliphatic heterocycles. The molecule has 1 saturated carbocycles. The van der Waals surface area contributed by atoms with Crippen molar-refractivity contribution >= 4 is 29.2 Å². The van der Waals surface area contributed by atoms with Gasteiger partial charge < -0.3 is 47.9 Å². The summed E-state index contributed by atoms with van der Waals surface area (Å²) in [7, 11) is 1.68. The molecular formula is C40H55ClN4O14. The third-order valence-corrected chi connectivity index (χ3v) is 10.7. The number of anilines is 1. The van der Waals surface area contributed by atoms with Gasteiger partial charge in [-0.3, -0.25) is 9.59 Å². The molecule has 2 fully saturated rings. The number of halogens is 1. The first-order chi connectivity index (χ1) is 28.6. The number of ether oxygens (including phenoxy) is 6. The first kappa shape index (κ1) is 45.4. The number of fused-ring (bicyclic) bond motifs is 1. The van der Waals surface area contributed by atoms with Crippen LogP contribution >= 0.6 is 11.6 Å². The fourth-order valence-electron chi connectivity index (χ4n) is 7.46. The van der Waals surface area contributed by atoms with E-state index >= 15 is 0 Å². The lowest BCUT2D eigenvalue weighted by molar-refractivity contribution is -0.757. The third kappa shape index (κ3) is 15.2. The Kier molecular flexibility index (Phi) is 18.3. The van der Waals surface area contributed by atoms with Crippen LogP contribution in [0.4, 0.5) is 5.69 Å². The minimum absolute atomic E-state index is 0.0201. The van der Waals surface area contributed by atoms with Gasteiger partial charge in [-0.15, -0.1) is 20.2 Å². The molecule has 0 radical (unpaired) electrons. The van der Waals surface area contributed by atoms with Gasteiger partial charge in [-0.2, -0.15) is 0 Å². The molecule has 2 aromatic carbocycles.